The number of ether oxygens (including phenoxy) is 1. The van der Waals surface area contributed by atoms with Crippen LogP contribution in [0.5, 0.6) is 0 Å². The fourth-order valence-corrected chi connectivity index (χ4v) is 3.77. The first kappa shape index (κ1) is 29.2. The zero-order valence-electron chi connectivity index (χ0n) is 21.1. The van der Waals surface area contributed by atoms with E-state index in [1.807, 2.05) is 6.08 Å². The molecule has 2 aliphatic heterocycles. The van der Waals surface area contributed by atoms with Gasteiger partial charge in [0.05, 0.1) is 12.6 Å². The van der Waals surface area contributed by atoms with Crippen LogP contribution in [-0.2, 0) is 25.5 Å². The summed E-state index contributed by atoms with van der Waals surface area (Å²) in [5, 5.41) is 17.9. The third-order valence-electron chi connectivity index (χ3n) is 6.00. The predicted molar refractivity (Wildman–Crippen MR) is 141 cm³/mol. The zero-order valence-corrected chi connectivity index (χ0v) is 21.1. The predicted octanol–water partition coefficient (Wildman–Crippen LogP) is 2.53. The van der Waals surface area contributed by atoms with Crippen LogP contribution in [0.15, 0.2) is 48.6 Å². The van der Waals surface area contributed by atoms with Gasteiger partial charge in [-0.15, -0.1) is 0 Å². The summed E-state index contributed by atoms with van der Waals surface area (Å²) in [5.74, 6) is -1.39. The quantitative estimate of drug-likeness (QED) is 0.159. The summed E-state index contributed by atoms with van der Waals surface area (Å²) in [6.07, 6.45) is 9.10. The van der Waals surface area contributed by atoms with E-state index in [0.29, 0.717) is 24.8 Å². The summed E-state index contributed by atoms with van der Waals surface area (Å²) in [7, 11) is 0. The molecule has 6 N–H and O–H groups in total. The maximum Gasteiger partial charge on any atom is 0.326 e. The Morgan fingerprint density at radius 2 is 1.97 bits per heavy atom. The lowest BCUT2D eigenvalue weighted by molar-refractivity contribution is -0.142. The maximum absolute atomic E-state index is 12.2. The standard InChI is InChI=1S/C20H30N4O4.C7H10O/c21-11-3-1-2-6-18(25)23-15-9-7-14(8-10-15)13-17(20(27)28)24-19(26)16-5-4-12-22-16;1-3-4-6(2)7-5-8-7/h7-10,16-17,22H,1-6,11-13,21H2,(H,23,25)(H,24,26)(H,27,28);3-4,7H,1,5H2,2H3/b;6-4+. The highest BCUT2D eigenvalue weighted by Gasteiger charge is 2.27. The molecule has 2 fully saturated rings. The minimum absolute atomic E-state index is 0.0514. The van der Waals surface area contributed by atoms with E-state index in [9.17, 15) is 19.5 Å². The number of hydrogen-bond donors (Lipinski definition) is 5. The summed E-state index contributed by atoms with van der Waals surface area (Å²) < 4.78 is 5.01. The molecule has 198 valence electrons. The van der Waals surface area contributed by atoms with Crippen LogP contribution in [0.25, 0.3) is 0 Å². The van der Waals surface area contributed by atoms with Crippen LogP contribution in [0.1, 0.15) is 51.0 Å². The lowest BCUT2D eigenvalue weighted by Gasteiger charge is -2.18. The molecular formula is C27H40N4O5. The van der Waals surface area contributed by atoms with Crippen LogP contribution in [0.2, 0.25) is 0 Å². The summed E-state index contributed by atoms with van der Waals surface area (Å²) in [6.45, 7) is 7.94. The highest BCUT2D eigenvalue weighted by atomic mass is 16.6. The number of aliphatic carboxylic acids is 1. The number of allylic oxidation sites excluding steroid dienone is 2. The number of amides is 2. The Morgan fingerprint density at radius 1 is 1.25 bits per heavy atom. The molecule has 0 aliphatic carbocycles. The molecule has 1 aromatic carbocycles. The third kappa shape index (κ3) is 11.2. The molecule has 9 heteroatoms. The Bertz CT molecular complexity index is 890. The van der Waals surface area contributed by atoms with Gasteiger partial charge in [-0.3, -0.25) is 9.59 Å². The molecule has 3 atom stereocenters. The molecule has 0 aromatic heterocycles. The van der Waals surface area contributed by atoms with Gasteiger partial charge in [-0.2, -0.15) is 0 Å². The number of hydrogen-bond acceptors (Lipinski definition) is 6. The van der Waals surface area contributed by atoms with Crippen molar-refractivity contribution in [2.75, 3.05) is 25.0 Å². The van der Waals surface area contributed by atoms with Crippen LogP contribution in [0.4, 0.5) is 5.69 Å². The molecular weight excluding hydrogens is 460 g/mol. The average Bonchev–Trinajstić information content (AvgIpc) is 3.57. The summed E-state index contributed by atoms with van der Waals surface area (Å²) in [5.41, 5.74) is 8.15. The number of carboxylic acids is 1. The van der Waals surface area contributed by atoms with E-state index in [-0.39, 0.29) is 24.3 Å². The lowest BCUT2D eigenvalue weighted by Crippen LogP contribution is -2.49. The first-order chi connectivity index (χ1) is 17.3. The Kier molecular flexibility index (Phi) is 12.9. The van der Waals surface area contributed by atoms with Gasteiger partial charge in [0, 0.05) is 18.5 Å². The Morgan fingerprint density at radius 3 is 2.53 bits per heavy atom. The number of carboxylic acid groups (broad SMARTS) is 1. The molecule has 2 saturated heterocycles. The van der Waals surface area contributed by atoms with Crippen molar-refractivity contribution < 1.29 is 24.2 Å². The number of carbonyl (C=O) groups excluding carboxylic acids is 2. The number of unbranched alkanes of at least 4 members (excludes halogenated alkanes) is 2. The van der Waals surface area contributed by atoms with Gasteiger partial charge < -0.3 is 31.5 Å². The second-order valence-electron chi connectivity index (χ2n) is 9.07. The molecule has 1 aromatic rings. The molecule has 0 spiro atoms. The van der Waals surface area contributed by atoms with Crippen molar-refractivity contribution in [2.24, 2.45) is 5.73 Å². The molecule has 0 bridgehead atoms. The van der Waals surface area contributed by atoms with Gasteiger partial charge in [-0.05, 0) is 69.0 Å². The van der Waals surface area contributed by atoms with Crippen molar-refractivity contribution in [3.63, 3.8) is 0 Å². The molecule has 0 radical (unpaired) electrons. The second kappa shape index (κ2) is 15.9. The van der Waals surface area contributed by atoms with Crippen LogP contribution in [0.3, 0.4) is 0 Å². The normalized spacial score (nSPS) is 19.4. The smallest absolute Gasteiger partial charge is 0.326 e. The van der Waals surface area contributed by atoms with Gasteiger partial charge in [-0.1, -0.05) is 37.3 Å². The van der Waals surface area contributed by atoms with Crippen LogP contribution in [0, 0.1) is 0 Å². The molecule has 3 unspecified atom stereocenters. The third-order valence-corrected chi connectivity index (χ3v) is 6.00. The summed E-state index contributed by atoms with van der Waals surface area (Å²) in [4.78, 5) is 35.6. The van der Waals surface area contributed by atoms with E-state index in [4.69, 9.17) is 10.5 Å². The van der Waals surface area contributed by atoms with Gasteiger partial charge in [-0.25, -0.2) is 4.79 Å². The second-order valence-corrected chi connectivity index (χ2v) is 9.07. The molecule has 2 heterocycles. The fourth-order valence-electron chi connectivity index (χ4n) is 3.77. The molecule has 2 aliphatic rings. The minimum Gasteiger partial charge on any atom is -0.480 e. The zero-order chi connectivity index (χ0) is 26.3. The number of epoxide rings is 1. The topological polar surface area (TPSA) is 146 Å². The molecule has 36 heavy (non-hydrogen) atoms. The SMILES string of the molecule is C=C/C=C(\C)C1CO1.NCCCCCC(=O)Nc1ccc(CC(NC(=O)C2CCCN2)C(=O)O)cc1. The first-order valence-corrected chi connectivity index (χ1v) is 12.6. The van der Waals surface area contributed by atoms with E-state index < -0.39 is 12.0 Å². The first-order valence-electron chi connectivity index (χ1n) is 12.6. The molecule has 2 amide bonds. The average molecular weight is 501 g/mol. The number of anilines is 1. The van der Waals surface area contributed by atoms with E-state index in [2.05, 4.69) is 29.5 Å². The highest BCUT2D eigenvalue weighted by molar-refractivity contribution is 5.90. The van der Waals surface area contributed by atoms with Crippen molar-refractivity contribution in [3.8, 4) is 0 Å². The Balaban J connectivity index is 0.000000482. The van der Waals surface area contributed by atoms with Crippen molar-refractivity contribution in [1.29, 1.82) is 0 Å². The monoisotopic (exact) mass is 500 g/mol. The van der Waals surface area contributed by atoms with Crippen LogP contribution < -0.4 is 21.7 Å². The van der Waals surface area contributed by atoms with Gasteiger partial charge in [0.15, 0.2) is 0 Å². The lowest BCUT2D eigenvalue weighted by atomic mass is 10.0. The fraction of sp³-hybridized carbons (Fsp3) is 0.519. The number of nitrogens with one attached hydrogen (secondary N) is 3. The highest BCUT2D eigenvalue weighted by Crippen LogP contribution is 2.18. The largest absolute Gasteiger partial charge is 0.480 e. The van der Waals surface area contributed by atoms with Crippen molar-refractivity contribution in [2.45, 2.75) is 70.1 Å². The molecule has 3 rings (SSSR count). The van der Waals surface area contributed by atoms with Gasteiger partial charge >= 0.3 is 5.97 Å². The molecule has 0 saturated carbocycles. The van der Waals surface area contributed by atoms with Gasteiger partial charge in [0.25, 0.3) is 0 Å². The number of nitrogens with two attached hydrogens (primary N) is 1. The Hall–Kier alpha value is -3.01. The van der Waals surface area contributed by atoms with Gasteiger partial charge in [0.2, 0.25) is 11.8 Å². The number of benzene rings is 1. The summed E-state index contributed by atoms with van der Waals surface area (Å²) >= 11 is 0. The number of carbonyl (C=O) groups is 3. The van der Waals surface area contributed by atoms with E-state index in [1.165, 1.54) is 5.57 Å². The van der Waals surface area contributed by atoms with Crippen LogP contribution >= 0.6 is 0 Å². The van der Waals surface area contributed by atoms with E-state index in [0.717, 1.165) is 50.8 Å². The maximum atomic E-state index is 12.2. The Labute approximate surface area is 213 Å². The summed E-state index contributed by atoms with van der Waals surface area (Å²) in [6, 6.07) is 5.71. The van der Waals surface area contributed by atoms with Crippen molar-refractivity contribution in [1.82, 2.24) is 10.6 Å². The van der Waals surface area contributed by atoms with E-state index in [1.54, 1.807) is 30.3 Å². The number of rotatable bonds is 13. The van der Waals surface area contributed by atoms with Crippen molar-refractivity contribution in [3.05, 3.63) is 54.1 Å². The van der Waals surface area contributed by atoms with E-state index >= 15 is 0 Å². The molecule has 9 nitrogen and oxygen atoms in total. The minimum atomic E-state index is -1.07. The van der Waals surface area contributed by atoms with Crippen molar-refractivity contribution >= 4 is 23.5 Å². The van der Waals surface area contributed by atoms with Crippen LogP contribution in [-0.4, -0.2) is 60.8 Å². The van der Waals surface area contributed by atoms with Gasteiger partial charge in [0.1, 0.15) is 12.1 Å².